The fraction of sp³-hybridized carbons (Fsp3) is 0.211. The van der Waals surface area contributed by atoms with Gasteiger partial charge in [-0.1, -0.05) is 35.1 Å². The van der Waals surface area contributed by atoms with Crippen LogP contribution >= 0.6 is 22.9 Å². The van der Waals surface area contributed by atoms with Crippen LogP contribution in [0.2, 0.25) is 5.02 Å². The van der Waals surface area contributed by atoms with Gasteiger partial charge in [0.05, 0.1) is 34.5 Å². The number of carbonyl (C=O) groups excluding carboxylic acids is 2. The molecule has 27 heavy (non-hydrogen) atoms. The Balaban J connectivity index is 2.14. The Bertz CT molecular complexity index is 1070. The highest BCUT2D eigenvalue weighted by atomic mass is 35.5. The van der Waals surface area contributed by atoms with E-state index in [0.29, 0.717) is 27.7 Å². The Hall–Kier alpha value is -2.64. The van der Waals surface area contributed by atoms with Crippen LogP contribution in [0.5, 0.6) is 5.75 Å². The summed E-state index contributed by atoms with van der Waals surface area (Å²) in [5.41, 5.74) is 1.07. The second kappa shape index (κ2) is 8.37. The van der Waals surface area contributed by atoms with Crippen LogP contribution in [0.25, 0.3) is 10.2 Å². The van der Waals surface area contributed by atoms with E-state index in [1.165, 1.54) is 18.4 Å². The van der Waals surface area contributed by atoms with E-state index in [4.69, 9.17) is 21.1 Å². The minimum atomic E-state index is -0.476. The predicted molar refractivity (Wildman–Crippen MR) is 104 cm³/mol. The van der Waals surface area contributed by atoms with Gasteiger partial charge in [-0.2, -0.15) is 4.99 Å². The highest BCUT2D eigenvalue weighted by Gasteiger charge is 2.14. The number of benzene rings is 2. The third kappa shape index (κ3) is 4.20. The number of amides is 1. The van der Waals surface area contributed by atoms with E-state index >= 15 is 0 Å². The summed E-state index contributed by atoms with van der Waals surface area (Å²) >= 11 is 7.38. The van der Waals surface area contributed by atoms with Gasteiger partial charge in [-0.05, 0) is 37.3 Å². The quantitative estimate of drug-likeness (QED) is 0.608. The molecule has 140 valence electrons. The van der Waals surface area contributed by atoms with Crippen molar-refractivity contribution in [3.05, 3.63) is 57.9 Å². The Morgan fingerprint density at radius 1 is 1.22 bits per heavy atom. The molecule has 0 aliphatic heterocycles. The molecule has 0 unspecified atom stereocenters. The molecule has 0 spiro atoms. The number of nitrogens with zero attached hydrogens (tertiary/aromatic N) is 2. The fourth-order valence-electron chi connectivity index (χ4n) is 2.52. The minimum absolute atomic E-state index is 0.0564. The number of methoxy groups -OCH3 is 1. The van der Waals surface area contributed by atoms with Crippen molar-refractivity contribution in [2.45, 2.75) is 13.5 Å². The number of ether oxygens (including phenoxy) is 2. The third-order valence-corrected chi connectivity index (χ3v) is 5.15. The summed E-state index contributed by atoms with van der Waals surface area (Å²) in [6.45, 7) is 2.39. The number of hydrogen-bond donors (Lipinski definition) is 0. The first-order chi connectivity index (χ1) is 13.0. The number of thiazole rings is 1. The Labute approximate surface area is 164 Å². The summed E-state index contributed by atoms with van der Waals surface area (Å²) < 4.78 is 12.8. The molecule has 8 heteroatoms. The lowest BCUT2D eigenvalue weighted by molar-refractivity contribution is -0.141. The van der Waals surface area contributed by atoms with Crippen LogP contribution in [0.1, 0.15) is 17.3 Å². The van der Waals surface area contributed by atoms with E-state index < -0.39 is 11.9 Å². The smallest absolute Gasteiger partial charge is 0.325 e. The molecule has 1 aromatic heterocycles. The topological polar surface area (TPSA) is 69.9 Å². The average Bonchev–Trinajstić information content (AvgIpc) is 2.98. The van der Waals surface area contributed by atoms with E-state index in [2.05, 4.69) is 4.99 Å². The average molecular weight is 405 g/mol. The van der Waals surface area contributed by atoms with Crippen LogP contribution in [0.4, 0.5) is 0 Å². The molecule has 1 heterocycles. The molecule has 0 aliphatic rings. The van der Waals surface area contributed by atoms with E-state index in [-0.39, 0.29) is 6.54 Å². The Morgan fingerprint density at radius 3 is 2.70 bits per heavy atom. The zero-order valence-electron chi connectivity index (χ0n) is 14.8. The van der Waals surface area contributed by atoms with Crippen molar-refractivity contribution >= 4 is 45.0 Å². The van der Waals surface area contributed by atoms with E-state index in [9.17, 15) is 9.59 Å². The van der Waals surface area contributed by atoms with Crippen LogP contribution in [0, 0.1) is 0 Å². The molecule has 3 rings (SSSR count). The first-order valence-electron chi connectivity index (χ1n) is 8.20. The molecule has 1 amide bonds. The van der Waals surface area contributed by atoms with Crippen molar-refractivity contribution in [2.24, 2.45) is 4.99 Å². The second-order valence-corrected chi connectivity index (χ2v) is 6.92. The van der Waals surface area contributed by atoms with Crippen molar-refractivity contribution < 1.29 is 19.1 Å². The zero-order valence-corrected chi connectivity index (χ0v) is 16.3. The van der Waals surface area contributed by atoms with Gasteiger partial charge in [0, 0.05) is 0 Å². The molecule has 0 saturated heterocycles. The molecule has 0 atom stereocenters. The fourth-order valence-corrected chi connectivity index (χ4v) is 3.80. The Kier molecular flexibility index (Phi) is 5.93. The molecular weight excluding hydrogens is 388 g/mol. The lowest BCUT2D eigenvalue weighted by Crippen LogP contribution is -2.22. The molecule has 0 saturated carbocycles. The van der Waals surface area contributed by atoms with Gasteiger partial charge in [0.2, 0.25) is 0 Å². The number of aromatic nitrogens is 1. The van der Waals surface area contributed by atoms with Gasteiger partial charge >= 0.3 is 5.97 Å². The summed E-state index contributed by atoms with van der Waals surface area (Å²) in [4.78, 5) is 29.0. The summed E-state index contributed by atoms with van der Waals surface area (Å²) in [6.07, 6.45) is 0. The Morgan fingerprint density at radius 2 is 2.00 bits per heavy atom. The number of rotatable bonds is 5. The van der Waals surface area contributed by atoms with Gasteiger partial charge < -0.3 is 14.0 Å². The van der Waals surface area contributed by atoms with Crippen molar-refractivity contribution in [1.82, 2.24) is 4.57 Å². The van der Waals surface area contributed by atoms with Gasteiger partial charge in [-0.25, -0.2) is 0 Å². The number of halogens is 1. The van der Waals surface area contributed by atoms with Crippen molar-refractivity contribution in [3.8, 4) is 5.75 Å². The monoisotopic (exact) mass is 404 g/mol. The van der Waals surface area contributed by atoms with E-state index in [1.807, 2.05) is 25.1 Å². The second-order valence-electron chi connectivity index (χ2n) is 5.51. The lowest BCUT2D eigenvalue weighted by Gasteiger charge is -2.05. The molecule has 0 bridgehead atoms. The molecular formula is C19H17ClN2O4S. The van der Waals surface area contributed by atoms with E-state index in [0.717, 1.165) is 10.2 Å². The van der Waals surface area contributed by atoms with Crippen molar-refractivity contribution in [3.63, 3.8) is 0 Å². The van der Waals surface area contributed by atoms with Gasteiger partial charge in [-0.3, -0.25) is 9.59 Å². The summed E-state index contributed by atoms with van der Waals surface area (Å²) in [5.74, 6) is -0.202. The summed E-state index contributed by atoms with van der Waals surface area (Å²) in [7, 11) is 1.32. The van der Waals surface area contributed by atoms with Gasteiger partial charge in [0.1, 0.15) is 12.3 Å². The molecule has 0 aliphatic carbocycles. The maximum absolute atomic E-state index is 12.6. The highest BCUT2D eigenvalue weighted by Crippen LogP contribution is 2.24. The summed E-state index contributed by atoms with van der Waals surface area (Å²) in [5, 5.41) is 0.325. The van der Waals surface area contributed by atoms with Crippen LogP contribution < -0.4 is 9.54 Å². The minimum Gasteiger partial charge on any atom is -0.494 e. The number of esters is 1. The normalized spacial score (nSPS) is 11.6. The standard InChI is InChI=1S/C19H17ClN2O4S/c1-3-26-12-8-9-15-16(10-12)27-19(22(15)11-17(23)25-2)21-18(24)13-6-4-5-7-14(13)20/h4-10H,3,11H2,1-2H3. The maximum Gasteiger partial charge on any atom is 0.325 e. The van der Waals surface area contributed by atoms with E-state index in [1.54, 1.807) is 28.8 Å². The first-order valence-corrected chi connectivity index (χ1v) is 9.39. The van der Waals surface area contributed by atoms with Crippen LogP contribution in [0.15, 0.2) is 47.5 Å². The summed E-state index contributed by atoms with van der Waals surface area (Å²) in [6, 6.07) is 12.2. The zero-order chi connectivity index (χ0) is 19.4. The third-order valence-electron chi connectivity index (χ3n) is 3.78. The largest absolute Gasteiger partial charge is 0.494 e. The number of fused-ring (bicyclic) bond motifs is 1. The van der Waals surface area contributed by atoms with Gasteiger partial charge in [-0.15, -0.1) is 0 Å². The first kappa shape index (κ1) is 19.1. The molecule has 0 fully saturated rings. The molecule has 2 aromatic carbocycles. The van der Waals surface area contributed by atoms with Crippen molar-refractivity contribution in [1.29, 1.82) is 0 Å². The lowest BCUT2D eigenvalue weighted by atomic mass is 10.2. The molecule has 3 aromatic rings. The highest BCUT2D eigenvalue weighted by molar-refractivity contribution is 7.16. The molecule has 0 radical (unpaired) electrons. The maximum atomic E-state index is 12.6. The van der Waals surface area contributed by atoms with Gasteiger partial charge in [0.25, 0.3) is 5.91 Å². The van der Waals surface area contributed by atoms with Crippen LogP contribution in [-0.2, 0) is 16.1 Å². The number of hydrogen-bond acceptors (Lipinski definition) is 5. The molecule has 0 N–H and O–H groups in total. The number of carbonyl (C=O) groups is 2. The van der Waals surface area contributed by atoms with Crippen LogP contribution in [0.3, 0.4) is 0 Å². The SMILES string of the molecule is CCOc1ccc2c(c1)sc(=NC(=O)c1ccccc1Cl)n2CC(=O)OC. The molecule has 6 nitrogen and oxygen atoms in total. The predicted octanol–water partition coefficient (Wildman–Crippen LogP) is 3.67. The van der Waals surface area contributed by atoms with Crippen LogP contribution in [-0.4, -0.2) is 30.2 Å². The van der Waals surface area contributed by atoms with Gasteiger partial charge in [0.15, 0.2) is 4.80 Å². The van der Waals surface area contributed by atoms with Crippen molar-refractivity contribution in [2.75, 3.05) is 13.7 Å².